The highest BCUT2D eigenvalue weighted by Crippen LogP contribution is 2.58. The third kappa shape index (κ3) is 3.75. The molecule has 0 radical (unpaired) electrons. The minimum Gasteiger partial charge on any atom is -0.493 e. The maximum Gasteiger partial charge on any atom is 0.161 e. The molecule has 1 N–H and O–H groups in total. The topological polar surface area (TPSA) is 38.7 Å². The molecular formula is C19H21ClO3S2. The molecule has 0 aliphatic carbocycles. The fourth-order valence-electron chi connectivity index (χ4n) is 2.95. The third-order valence-electron chi connectivity index (χ3n) is 4.25. The highest BCUT2D eigenvalue weighted by molar-refractivity contribution is 8.18. The maximum absolute atomic E-state index is 11.3. The predicted molar refractivity (Wildman–Crippen MR) is 107 cm³/mol. The molecule has 25 heavy (non-hydrogen) atoms. The highest BCUT2D eigenvalue weighted by Gasteiger charge is 2.43. The lowest BCUT2D eigenvalue weighted by Crippen LogP contribution is -2.30. The Kier molecular flexibility index (Phi) is 6.10. The zero-order valence-electron chi connectivity index (χ0n) is 14.2. The molecule has 1 aliphatic heterocycles. The van der Waals surface area contributed by atoms with Gasteiger partial charge in [0.25, 0.3) is 0 Å². The molecule has 0 bridgehead atoms. The lowest BCUT2D eigenvalue weighted by molar-refractivity contribution is 0.163. The van der Waals surface area contributed by atoms with Crippen LogP contribution in [0.5, 0.6) is 11.5 Å². The Hall–Kier alpha value is -1.01. The molecule has 1 heterocycles. The molecule has 1 saturated heterocycles. The van der Waals surface area contributed by atoms with Gasteiger partial charge in [0, 0.05) is 5.02 Å². The number of hydrogen-bond donors (Lipinski definition) is 1. The van der Waals surface area contributed by atoms with Gasteiger partial charge in [-0.25, -0.2) is 0 Å². The summed E-state index contributed by atoms with van der Waals surface area (Å²) in [6.45, 7) is 0. The van der Waals surface area contributed by atoms with Crippen molar-refractivity contribution < 1.29 is 14.6 Å². The average Bonchev–Trinajstić information content (AvgIpc) is 2.68. The molecule has 0 aromatic heterocycles. The van der Waals surface area contributed by atoms with Crippen molar-refractivity contribution in [2.75, 3.05) is 25.7 Å². The maximum atomic E-state index is 11.3. The molecule has 2 aromatic rings. The summed E-state index contributed by atoms with van der Waals surface area (Å²) in [6, 6.07) is 13.3. The van der Waals surface area contributed by atoms with Crippen molar-refractivity contribution in [1.82, 2.24) is 0 Å². The Morgan fingerprint density at radius 3 is 2.24 bits per heavy atom. The van der Waals surface area contributed by atoms with E-state index in [1.54, 1.807) is 37.7 Å². The number of ether oxygens (including phenoxy) is 2. The summed E-state index contributed by atoms with van der Waals surface area (Å²) in [5.41, 5.74) is 1.89. The molecule has 0 amide bonds. The highest BCUT2D eigenvalue weighted by atomic mass is 35.5. The van der Waals surface area contributed by atoms with E-state index in [2.05, 4.69) is 0 Å². The Labute approximate surface area is 162 Å². The Morgan fingerprint density at radius 1 is 1.00 bits per heavy atom. The number of aliphatic hydroxyl groups is 1. The molecule has 3 nitrogen and oxygen atoms in total. The van der Waals surface area contributed by atoms with Gasteiger partial charge in [-0.15, -0.1) is 23.5 Å². The van der Waals surface area contributed by atoms with E-state index >= 15 is 0 Å². The molecule has 0 saturated carbocycles. The third-order valence-corrected chi connectivity index (χ3v) is 7.97. The quantitative estimate of drug-likeness (QED) is 0.759. The van der Waals surface area contributed by atoms with Crippen LogP contribution in [-0.4, -0.2) is 30.8 Å². The zero-order chi connectivity index (χ0) is 17.9. The predicted octanol–water partition coefficient (Wildman–Crippen LogP) is 5.11. The van der Waals surface area contributed by atoms with Crippen LogP contribution < -0.4 is 9.47 Å². The largest absolute Gasteiger partial charge is 0.493 e. The number of benzene rings is 2. The SMILES string of the molecule is COc1ccc(C2(C(O)c3ccc(Cl)cc3)SCCCS2)cc1OC. The van der Waals surface area contributed by atoms with Gasteiger partial charge in [0.15, 0.2) is 11.5 Å². The molecule has 6 heteroatoms. The van der Waals surface area contributed by atoms with E-state index in [1.807, 2.05) is 42.5 Å². The summed E-state index contributed by atoms with van der Waals surface area (Å²) in [4.78, 5) is 0. The fourth-order valence-corrected chi connectivity index (χ4v) is 6.45. The number of aliphatic hydroxyl groups excluding tert-OH is 1. The molecule has 1 aliphatic rings. The number of rotatable bonds is 5. The van der Waals surface area contributed by atoms with Gasteiger partial charge in [-0.3, -0.25) is 0 Å². The summed E-state index contributed by atoms with van der Waals surface area (Å²) in [5, 5.41) is 11.9. The van der Waals surface area contributed by atoms with Crippen LogP contribution in [0.4, 0.5) is 0 Å². The lowest BCUT2D eigenvalue weighted by Gasteiger charge is -2.40. The van der Waals surface area contributed by atoms with E-state index in [4.69, 9.17) is 21.1 Å². The molecule has 3 rings (SSSR count). The van der Waals surface area contributed by atoms with Crippen molar-refractivity contribution in [3.63, 3.8) is 0 Å². The van der Waals surface area contributed by atoms with Crippen LogP contribution in [0.2, 0.25) is 5.02 Å². The molecule has 1 atom stereocenters. The first-order valence-corrected chi connectivity index (χ1v) is 10.4. The van der Waals surface area contributed by atoms with Gasteiger partial charge in [-0.05, 0) is 53.3 Å². The average molecular weight is 397 g/mol. The van der Waals surface area contributed by atoms with E-state index in [-0.39, 0.29) is 0 Å². The van der Waals surface area contributed by atoms with Crippen LogP contribution in [-0.2, 0) is 4.08 Å². The van der Waals surface area contributed by atoms with Crippen LogP contribution in [0.25, 0.3) is 0 Å². The second-order valence-electron chi connectivity index (χ2n) is 5.74. The second-order valence-corrected chi connectivity index (χ2v) is 9.12. The first-order chi connectivity index (χ1) is 12.1. The van der Waals surface area contributed by atoms with Gasteiger partial charge in [-0.2, -0.15) is 0 Å². The summed E-state index contributed by atoms with van der Waals surface area (Å²) < 4.78 is 10.3. The van der Waals surface area contributed by atoms with Gasteiger partial charge in [0.1, 0.15) is 10.2 Å². The number of methoxy groups -OCH3 is 2. The van der Waals surface area contributed by atoms with E-state index in [0.717, 1.165) is 29.1 Å². The van der Waals surface area contributed by atoms with Gasteiger partial charge in [0.2, 0.25) is 0 Å². The van der Waals surface area contributed by atoms with Crippen molar-refractivity contribution in [2.45, 2.75) is 16.6 Å². The van der Waals surface area contributed by atoms with E-state index < -0.39 is 10.2 Å². The van der Waals surface area contributed by atoms with Crippen LogP contribution >= 0.6 is 35.1 Å². The zero-order valence-corrected chi connectivity index (χ0v) is 16.6. The van der Waals surface area contributed by atoms with Gasteiger partial charge < -0.3 is 14.6 Å². The summed E-state index contributed by atoms with van der Waals surface area (Å²) in [5.74, 6) is 3.38. The summed E-state index contributed by atoms with van der Waals surface area (Å²) in [7, 11) is 3.26. The molecule has 1 unspecified atom stereocenters. The van der Waals surface area contributed by atoms with Crippen molar-refractivity contribution in [3.05, 3.63) is 58.6 Å². The standard InChI is InChI=1S/C19H21ClO3S2/c1-22-16-9-6-14(12-17(16)23-2)19(24-10-3-11-25-19)18(21)13-4-7-15(20)8-5-13/h4-9,12,18,21H,3,10-11H2,1-2H3. The summed E-state index contributed by atoms with van der Waals surface area (Å²) >= 11 is 9.58. The molecule has 2 aromatic carbocycles. The van der Waals surface area contributed by atoms with Crippen LogP contribution in [0.3, 0.4) is 0 Å². The Bertz CT molecular complexity index is 715. The fraction of sp³-hybridized carbons (Fsp3) is 0.368. The molecule has 0 spiro atoms. The van der Waals surface area contributed by atoms with Crippen molar-refractivity contribution in [2.24, 2.45) is 0 Å². The second kappa shape index (κ2) is 8.12. The van der Waals surface area contributed by atoms with Crippen LogP contribution in [0, 0.1) is 0 Å². The van der Waals surface area contributed by atoms with E-state index in [0.29, 0.717) is 16.5 Å². The van der Waals surface area contributed by atoms with Crippen molar-refractivity contribution in [1.29, 1.82) is 0 Å². The Morgan fingerprint density at radius 2 is 1.64 bits per heavy atom. The van der Waals surface area contributed by atoms with Crippen molar-refractivity contribution >= 4 is 35.1 Å². The summed E-state index contributed by atoms with van der Waals surface area (Å²) in [6.07, 6.45) is 0.482. The number of hydrogen-bond acceptors (Lipinski definition) is 5. The Balaban J connectivity index is 2.05. The van der Waals surface area contributed by atoms with Crippen molar-refractivity contribution in [3.8, 4) is 11.5 Å². The first-order valence-electron chi connectivity index (χ1n) is 8.04. The van der Waals surface area contributed by atoms with Gasteiger partial charge >= 0.3 is 0 Å². The minimum atomic E-state index is -0.654. The lowest BCUT2D eigenvalue weighted by atomic mass is 9.99. The van der Waals surface area contributed by atoms with Gasteiger partial charge in [0.05, 0.1) is 14.2 Å². The molecule has 1 fully saturated rings. The minimum absolute atomic E-state index is 0.481. The van der Waals surface area contributed by atoms with Crippen LogP contribution in [0.1, 0.15) is 23.7 Å². The smallest absolute Gasteiger partial charge is 0.161 e. The van der Waals surface area contributed by atoms with Gasteiger partial charge in [-0.1, -0.05) is 29.8 Å². The number of thioether (sulfide) groups is 2. The molecular weight excluding hydrogens is 376 g/mol. The number of halogens is 1. The molecule has 134 valence electrons. The van der Waals surface area contributed by atoms with Crippen LogP contribution in [0.15, 0.2) is 42.5 Å². The van der Waals surface area contributed by atoms with E-state index in [1.165, 1.54) is 0 Å². The monoisotopic (exact) mass is 396 g/mol. The normalized spacial score (nSPS) is 17.8. The van der Waals surface area contributed by atoms with E-state index in [9.17, 15) is 5.11 Å². The first kappa shape index (κ1) is 18.8.